The monoisotopic (exact) mass is 2940 g/mol. The molecule has 20 heteroatoms. The fourth-order valence-corrected chi connectivity index (χ4v) is 18.4. The van der Waals surface area contributed by atoms with Gasteiger partial charge in [-0.25, -0.2) is 0 Å². The topological polar surface area (TPSA) is 227 Å². The zero-order chi connectivity index (χ0) is 94.7. The van der Waals surface area contributed by atoms with Crippen molar-refractivity contribution in [2.75, 3.05) is 10.6 Å². The number of aryl methyl sites for hydroxylation is 4. The van der Waals surface area contributed by atoms with Gasteiger partial charge in [-0.3, -0.25) is 24.5 Å². The molecular weight excluding hydrogens is 2830 g/mol. The van der Waals surface area contributed by atoms with E-state index in [9.17, 15) is 9.59 Å². The van der Waals surface area contributed by atoms with Gasteiger partial charge in [0.05, 0.1) is 11.5 Å². The molecule has 6 heterocycles. The molecule has 16 aromatic rings. The summed E-state index contributed by atoms with van der Waals surface area (Å²) >= 11 is 0. The number of ketones is 2. The first-order chi connectivity index (χ1) is 66.2. The number of nitrogen functional groups attached to an aromatic ring is 1. The molecule has 4 unspecified atom stereocenters. The third-order valence-corrected chi connectivity index (χ3v) is 25.4. The van der Waals surface area contributed by atoms with E-state index in [4.69, 9.17) is 46.7 Å². The van der Waals surface area contributed by atoms with E-state index in [1.54, 1.807) is 29.5 Å². The average molecular weight is 2940 g/mol. The number of rotatable bonds is 11. The van der Waals surface area contributed by atoms with Gasteiger partial charge >= 0.3 is 21.1 Å². The van der Waals surface area contributed by atoms with Gasteiger partial charge < -0.3 is 46.7 Å². The minimum Gasteiger partial charge on any atom is -0.802 e. The second-order valence-corrected chi connectivity index (χ2v) is 35.3. The Morgan fingerprint density at radius 2 is 0.915 bits per heavy atom. The molecule has 0 aliphatic heterocycles. The standard InChI is InChI=1S/C28H19N3.C22H24N.C20H20N.C15H10N.C11H8N.C10H8N.C6H5N2.2C5H8O2.4Ir.2Pt/c1-4-12-22(13-5-1)25-18-10-20-27(29-25)31(24-16-8-3-9-17-24)28-21-11-19-26(30-28)23-14-6-2-7-15-23;1-22(2)18-10-17-11-21(23-13-19(17)20(22)12-18)16-8-7-14-5-3-4-6-15(14)9-16;1-2-4-14-9-17(8-5-13(14)3-1)20-11-18-15-6-7-16(10-15)19(18)12-21-20;1-2-7-13(8-3-1)15-14-9-5-4-6-12(14)10-11-16-15;1-2-6-10(7-3-1)11-8-4-5-9-12-11;11-10-7-3-5-8-4-1-2-6-9(8)10;7-5-3-1-2-4-6(5)8;2*1-4(6)3-5(2)7;;;;;;/h1-12,14,16-21H;7,9,11,13,18,20H,3-6,10,12H2,1-2H3;5,9,11-12,15-16H,1-4,6-7,10H2;1-7,9-11H;1-6,8-9H;1-6H,11H2;1-4,7H;2*3,6H,1-2H3;;;;;;/q-2;6*-1;;;;;;;;+2/b;;;;;;;4-3-;;;;;;;. The molecule has 0 spiro atoms. The second kappa shape index (κ2) is 56.5. The Hall–Kier alpha value is -11.6. The van der Waals surface area contributed by atoms with E-state index >= 15 is 0 Å². The molecule has 734 valence electrons. The van der Waals surface area contributed by atoms with Gasteiger partial charge in [0, 0.05) is 150 Å². The number of nitrogens with zero attached hydrogens (tertiary/aromatic N) is 8. The van der Waals surface area contributed by atoms with Crippen molar-refractivity contribution < 1.29 is 142 Å². The molecule has 0 saturated heterocycles. The summed E-state index contributed by atoms with van der Waals surface area (Å²) in [5, 5.41) is 37.1. The Kier molecular flexibility index (Phi) is 45.4. The van der Waals surface area contributed by atoms with Crippen molar-refractivity contribution >= 4 is 67.5 Å². The number of aliphatic hydroxyl groups is 2. The first-order valence-corrected chi connectivity index (χ1v) is 46.6. The van der Waals surface area contributed by atoms with E-state index in [-0.39, 0.29) is 157 Å². The van der Waals surface area contributed by atoms with E-state index in [2.05, 4.69) is 144 Å². The summed E-state index contributed by atoms with van der Waals surface area (Å²) in [5.74, 6) is 4.67. The van der Waals surface area contributed by atoms with Crippen molar-refractivity contribution in [1.82, 2.24) is 29.9 Å². The first kappa shape index (κ1) is 114. The summed E-state index contributed by atoms with van der Waals surface area (Å²) < 4.78 is 0. The molecule has 24 rings (SSSR count). The van der Waals surface area contributed by atoms with Gasteiger partial charge in [-0.05, 0) is 211 Å². The minimum absolute atomic E-state index is 0. The van der Waals surface area contributed by atoms with Crippen LogP contribution in [0.3, 0.4) is 0 Å². The fourth-order valence-electron chi connectivity index (χ4n) is 18.4. The summed E-state index contributed by atoms with van der Waals surface area (Å²) in [6.07, 6.45) is 33.7. The van der Waals surface area contributed by atoms with Gasteiger partial charge in [0.25, 0.3) is 0 Å². The molecule has 4 bridgehead atoms. The number of para-hydroxylation sites is 1. The van der Waals surface area contributed by atoms with Crippen LogP contribution in [0.15, 0.2) is 358 Å². The number of nitrogens with two attached hydrogens (primary N) is 1. The summed E-state index contributed by atoms with van der Waals surface area (Å²) in [6.45, 7) is 10.6. The Morgan fingerprint density at radius 1 is 0.444 bits per heavy atom. The predicted octanol–water partition coefficient (Wildman–Crippen LogP) is 28.5. The molecule has 2 saturated carbocycles. The molecule has 10 aromatic carbocycles. The molecule has 4 atom stereocenters. The number of carbonyl (C=O) groups excluding carboxylic acids is 2. The summed E-state index contributed by atoms with van der Waals surface area (Å²) in [6, 6.07) is 118. The number of hydrogen-bond acceptors (Lipinski definition) is 13. The number of nitrogens with one attached hydrogen (secondary N) is 1. The van der Waals surface area contributed by atoms with Crippen LogP contribution in [-0.2, 0) is 164 Å². The second-order valence-electron chi connectivity index (χ2n) is 35.3. The fraction of sp³-hybridized carbons (Fsp3) is 0.197. The third kappa shape index (κ3) is 30.8. The van der Waals surface area contributed by atoms with Crippen LogP contribution in [0.5, 0.6) is 0 Å². The Labute approximate surface area is 918 Å². The number of benzene rings is 10. The molecule has 14 nitrogen and oxygen atoms in total. The van der Waals surface area contributed by atoms with Crippen LogP contribution in [0, 0.1) is 59.2 Å². The third-order valence-electron chi connectivity index (χ3n) is 25.4. The van der Waals surface area contributed by atoms with Gasteiger partial charge in [0.15, 0.2) is 11.6 Å². The number of anilines is 4. The normalized spacial score (nSPS) is 15.4. The number of allylic oxidation sites excluding steroid dienone is 8. The van der Waals surface area contributed by atoms with Crippen LogP contribution in [0.4, 0.5) is 23.0 Å². The van der Waals surface area contributed by atoms with Gasteiger partial charge in [-0.2, -0.15) is 18.2 Å². The number of pyridine rings is 6. The molecule has 4 radical (unpaired) electrons. The first-order valence-electron chi connectivity index (χ1n) is 46.6. The van der Waals surface area contributed by atoms with Crippen LogP contribution in [0.25, 0.3) is 94.5 Å². The summed E-state index contributed by atoms with van der Waals surface area (Å²) in [7, 11) is 0. The molecule has 5 N–H and O–H groups in total. The smallest absolute Gasteiger partial charge is 0.802 e. The summed E-state index contributed by atoms with van der Waals surface area (Å²) in [5.41, 5.74) is 32.7. The van der Waals surface area contributed by atoms with E-state index in [0.717, 1.165) is 108 Å². The van der Waals surface area contributed by atoms with Crippen LogP contribution < -0.4 is 10.6 Å². The molecular formula is C122H110Ir4N10O4Pt2-6. The number of carbonyl (C=O) groups is 2. The predicted molar refractivity (Wildman–Crippen MR) is 553 cm³/mol. The number of hydrogen-bond donors (Lipinski definition) is 4. The van der Waals surface area contributed by atoms with Crippen LogP contribution in [-0.4, -0.2) is 63.1 Å². The maximum absolute atomic E-state index is 10.0. The van der Waals surface area contributed by atoms with Crippen molar-refractivity contribution in [3.63, 3.8) is 0 Å². The Morgan fingerprint density at radius 3 is 1.40 bits per heavy atom. The Bertz CT molecular complexity index is 6790. The molecule has 0 amide bonds. The maximum atomic E-state index is 10.0. The van der Waals surface area contributed by atoms with Gasteiger partial charge in [-0.1, -0.05) is 185 Å². The quantitative estimate of drug-likeness (QED) is 0.0312. The number of fused-ring (bicyclic) bond motifs is 9. The van der Waals surface area contributed by atoms with Gasteiger partial charge in [-0.15, -0.1) is 236 Å². The van der Waals surface area contributed by atoms with Crippen LogP contribution in [0.2, 0.25) is 0 Å². The Balaban J connectivity index is 0.000000185. The molecule has 2 fully saturated rings. The summed E-state index contributed by atoms with van der Waals surface area (Å²) in [4.78, 5) is 50.2. The number of aromatic nitrogens is 6. The van der Waals surface area contributed by atoms with Crippen molar-refractivity contribution in [2.45, 2.75) is 143 Å². The van der Waals surface area contributed by atoms with Crippen LogP contribution in [0.1, 0.15) is 155 Å². The molecule has 6 aromatic heterocycles. The zero-order valence-electron chi connectivity index (χ0n) is 79.7. The van der Waals surface area contributed by atoms with Gasteiger partial charge in [0.2, 0.25) is 0 Å². The van der Waals surface area contributed by atoms with E-state index < -0.39 is 0 Å². The average Bonchev–Trinajstić information content (AvgIpc) is 0.790. The molecule has 8 aliphatic carbocycles. The largest absolute Gasteiger partial charge is 2.00 e. The molecule has 142 heavy (non-hydrogen) atoms. The number of aliphatic hydroxyl groups excluding tert-OH is 2. The maximum Gasteiger partial charge on any atom is 2.00 e. The van der Waals surface area contributed by atoms with E-state index in [1.165, 1.54) is 196 Å². The minimum atomic E-state index is -0.125. The van der Waals surface area contributed by atoms with E-state index in [0.29, 0.717) is 5.41 Å². The van der Waals surface area contributed by atoms with E-state index in [1.807, 2.05) is 231 Å². The van der Waals surface area contributed by atoms with Crippen LogP contribution >= 0.6 is 0 Å². The van der Waals surface area contributed by atoms with Gasteiger partial charge in [0.1, 0.15) is 11.6 Å². The SMILES string of the molecule is CC(=O)/C=C(/C)O.CC(=O)C=C(C)O.CC1(C)C2Cc3cc(-c4[c-]cc5c(c4)CCCC5)ncc3C1C2.Nc1[c-]ccc2ccccc12.[Ir].[Ir].[Ir].[Ir].[N-]=C1C=CC=CC1=N.[Pt+2].[Pt].[c-]1cc2c(cc1-c1cc3c(cn1)C1CCC3C1)CCCC2.[c-]1ccccc1-c1cccc(N(c2ccccc2)c2cccc(-c3[c-]cccc3)n2)n1.[c-]1ccccc1-c1ccccn1.[c-]1ccccc1-c1nccc2ccccc12. The van der Waals surface area contributed by atoms with Crippen molar-refractivity contribution in [2.24, 2.45) is 11.3 Å². The van der Waals surface area contributed by atoms with Crippen molar-refractivity contribution in [3.05, 3.63) is 450 Å². The van der Waals surface area contributed by atoms with Crippen molar-refractivity contribution in [3.8, 4) is 67.5 Å². The van der Waals surface area contributed by atoms with Crippen molar-refractivity contribution in [1.29, 1.82) is 5.41 Å². The zero-order valence-corrected chi connectivity index (χ0v) is 93.9. The molecule has 8 aliphatic rings.